The van der Waals surface area contributed by atoms with E-state index in [9.17, 15) is 0 Å². The third kappa shape index (κ3) is 1.44. The molecule has 1 aromatic rings. The van der Waals surface area contributed by atoms with Crippen molar-refractivity contribution in [2.75, 3.05) is 0 Å². The summed E-state index contributed by atoms with van der Waals surface area (Å²) in [4.78, 5) is 0. The maximum atomic E-state index is 4.49. The van der Waals surface area contributed by atoms with Gasteiger partial charge in [0.15, 0.2) is 0 Å². The molecule has 2 radical (unpaired) electrons. The second-order valence-corrected chi connectivity index (χ2v) is 5.42. The Hall–Kier alpha value is 0.210. The molecule has 2 heteroatoms. The highest BCUT2D eigenvalue weighted by atomic mass is 31.1. The first-order valence-corrected chi connectivity index (χ1v) is 5.70. The largest absolute Gasteiger partial charge is 0.116 e. The van der Waals surface area contributed by atoms with Crippen LogP contribution >= 0.6 is 16.8 Å². The molecule has 0 aliphatic rings. The first kappa shape index (κ1) is 8.31. The summed E-state index contributed by atoms with van der Waals surface area (Å²) in [7, 11) is 4.50. The van der Waals surface area contributed by atoms with Gasteiger partial charge in [0.05, 0.1) is 0 Å². The van der Waals surface area contributed by atoms with E-state index in [0.717, 1.165) is 6.42 Å². The molecular weight excluding hydrogens is 158 g/mol. The van der Waals surface area contributed by atoms with E-state index in [1.54, 1.807) is 0 Å². The van der Waals surface area contributed by atoms with Gasteiger partial charge in [-0.05, 0) is 33.2 Å². The van der Waals surface area contributed by atoms with Crippen molar-refractivity contribution in [2.45, 2.75) is 26.4 Å². The summed E-state index contributed by atoms with van der Waals surface area (Å²) < 4.78 is 0. The summed E-state index contributed by atoms with van der Waals surface area (Å²) in [5.41, 5.74) is 1.44. The van der Waals surface area contributed by atoms with Gasteiger partial charge in [-0.2, -0.15) is 0 Å². The van der Waals surface area contributed by atoms with E-state index in [-0.39, 0.29) is 7.53 Å². The highest BCUT2D eigenvalue weighted by Gasteiger charge is 2.01. The number of rotatable bonds is 2. The highest BCUT2D eigenvalue weighted by Crippen LogP contribution is 2.30. The minimum Gasteiger partial charge on any atom is -0.116 e. The van der Waals surface area contributed by atoms with Gasteiger partial charge in [0.1, 0.15) is 0 Å². The number of hydrogen-bond acceptors (Lipinski definition) is 0. The second kappa shape index (κ2) is 3.56. The van der Waals surface area contributed by atoms with Gasteiger partial charge in [0.2, 0.25) is 0 Å². The first-order chi connectivity index (χ1) is 4.79. The van der Waals surface area contributed by atoms with Crippen LogP contribution in [0.15, 0.2) is 11.9 Å². The number of hydrogen-bond donors (Lipinski definition) is 0. The molecule has 0 bridgehead atoms. The summed E-state index contributed by atoms with van der Waals surface area (Å²) in [5, 5.41) is 1.35. The zero-order valence-electron chi connectivity index (χ0n) is 6.46. The van der Waals surface area contributed by atoms with Gasteiger partial charge in [0.25, 0.3) is 0 Å². The van der Waals surface area contributed by atoms with E-state index in [1.807, 2.05) is 0 Å². The van der Waals surface area contributed by atoms with Crippen LogP contribution in [-0.2, 0) is 12.6 Å². The van der Waals surface area contributed by atoms with Gasteiger partial charge in [-0.15, -0.1) is 7.53 Å². The molecule has 0 nitrogen and oxygen atoms in total. The Morgan fingerprint density at radius 2 is 2.20 bits per heavy atom. The van der Waals surface area contributed by atoms with Gasteiger partial charge in [-0.1, -0.05) is 19.9 Å². The van der Waals surface area contributed by atoms with E-state index in [1.165, 1.54) is 16.8 Å². The third-order valence-corrected chi connectivity index (χ3v) is 4.82. The molecule has 1 rings (SSSR count). The molecule has 54 valence electrons. The molecule has 1 heterocycles. The normalized spacial score (nSPS) is 12.1. The Kier molecular flexibility index (Phi) is 2.96. The molecule has 0 aliphatic heterocycles. The number of aryl methyl sites for hydroxylation is 2. The quantitative estimate of drug-likeness (QED) is 0.597. The lowest BCUT2D eigenvalue weighted by Gasteiger charge is -1.95. The smallest absolute Gasteiger partial charge is 0.00844 e. The zero-order valence-corrected chi connectivity index (χ0v) is 8.25. The molecule has 0 aromatic carbocycles. The van der Waals surface area contributed by atoms with Crippen molar-refractivity contribution < 1.29 is 0 Å². The predicted molar refractivity (Wildman–Crippen MR) is 50.8 cm³/mol. The molecule has 1 unspecified atom stereocenters. The summed E-state index contributed by atoms with van der Waals surface area (Å²) in [6.07, 6.45) is 2.38. The van der Waals surface area contributed by atoms with Crippen LogP contribution in [0.25, 0.3) is 0 Å². The van der Waals surface area contributed by atoms with Gasteiger partial charge in [-0.25, -0.2) is 0 Å². The Balaban J connectivity index is 2.97. The van der Waals surface area contributed by atoms with E-state index in [0.29, 0.717) is 0 Å². The summed E-state index contributed by atoms with van der Waals surface area (Å²) in [6, 6.07) is 2.23. The Morgan fingerprint density at radius 3 is 2.50 bits per heavy atom. The molecular formula is C8H12P2. The highest BCUT2D eigenvalue weighted by molar-refractivity contribution is 7.63. The van der Waals surface area contributed by atoms with Crippen LogP contribution in [-0.4, -0.2) is 0 Å². The fraction of sp³-hybridized carbons (Fsp3) is 0.500. The predicted octanol–water partition coefficient (Wildman–Crippen LogP) is 3.29. The zero-order chi connectivity index (χ0) is 7.56. The summed E-state index contributed by atoms with van der Waals surface area (Å²) in [5.74, 6) is 2.32. The topological polar surface area (TPSA) is 0 Å². The maximum absolute atomic E-state index is 4.49. The van der Waals surface area contributed by atoms with Crippen molar-refractivity contribution in [3.05, 3.63) is 17.4 Å². The first-order valence-electron chi connectivity index (χ1n) is 3.66. The van der Waals surface area contributed by atoms with Crippen molar-refractivity contribution in [3.63, 3.8) is 0 Å². The van der Waals surface area contributed by atoms with E-state index in [4.69, 9.17) is 0 Å². The minimum absolute atomic E-state index is 0.0140. The van der Waals surface area contributed by atoms with Crippen LogP contribution < -0.4 is 5.04 Å². The van der Waals surface area contributed by atoms with Crippen LogP contribution in [0.2, 0.25) is 0 Å². The van der Waals surface area contributed by atoms with Crippen LogP contribution in [0.3, 0.4) is 0 Å². The van der Waals surface area contributed by atoms with Crippen molar-refractivity contribution in [1.29, 1.82) is 0 Å². The van der Waals surface area contributed by atoms with Crippen LogP contribution in [0, 0.1) is 0 Å². The average Bonchev–Trinajstić information content (AvgIpc) is 2.30. The van der Waals surface area contributed by atoms with Crippen LogP contribution in [0.4, 0.5) is 0 Å². The standard InChI is InChI=1S/C8H12P2/c1-3-7-5-6-10(4-2)8(7)9/h5-6H,3-4H2,1-2H3. The third-order valence-electron chi connectivity index (χ3n) is 1.74. The van der Waals surface area contributed by atoms with Crippen LogP contribution in [0.5, 0.6) is 0 Å². The molecule has 0 amide bonds. The molecule has 0 spiro atoms. The summed E-state index contributed by atoms with van der Waals surface area (Å²) in [6.45, 7) is 4.41. The monoisotopic (exact) mass is 170 g/mol. The van der Waals surface area contributed by atoms with Gasteiger partial charge >= 0.3 is 0 Å². The molecule has 0 fully saturated rings. The van der Waals surface area contributed by atoms with Crippen LogP contribution in [0.1, 0.15) is 19.4 Å². The molecule has 1 atom stereocenters. The fourth-order valence-corrected chi connectivity index (χ4v) is 3.51. The molecule has 10 heavy (non-hydrogen) atoms. The van der Waals surface area contributed by atoms with E-state index >= 15 is 0 Å². The Morgan fingerprint density at radius 1 is 1.50 bits per heavy atom. The lowest BCUT2D eigenvalue weighted by Crippen LogP contribution is -1.91. The average molecular weight is 170 g/mol. The maximum Gasteiger partial charge on any atom is 0.00844 e. The van der Waals surface area contributed by atoms with E-state index < -0.39 is 0 Å². The Bertz CT molecular complexity index is 192. The van der Waals surface area contributed by atoms with Crippen molar-refractivity contribution in [1.82, 2.24) is 0 Å². The summed E-state index contributed by atoms with van der Waals surface area (Å²) >= 11 is 0. The molecule has 0 N–H and O–H groups in total. The molecule has 1 aromatic heterocycles. The van der Waals surface area contributed by atoms with Gasteiger partial charge in [-0.3, -0.25) is 0 Å². The van der Waals surface area contributed by atoms with Crippen molar-refractivity contribution in [2.24, 2.45) is 0 Å². The van der Waals surface area contributed by atoms with Gasteiger partial charge in [0, 0.05) is 5.04 Å². The lowest BCUT2D eigenvalue weighted by molar-refractivity contribution is 1.17. The minimum atomic E-state index is 0.0140. The second-order valence-electron chi connectivity index (χ2n) is 2.30. The molecule has 0 aliphatic carbocycles. The fourth-order valence-electron chi connectivity index (χ4n) is 1.04. The molecule has 0 saturated carbocycles. The lowest BCUT2D eigenvalue weighted by atomic mass is 10.3. The Labute approximate surface area is 66.3 Å². The SMILES string of the molecule is CCc1ccp(CC)c1[P]. The van der Waals surface area contributed by atoms with Crippen molar-refractivity contribution in [3.8, 4) is 0 Å². The van der Waals surface area contributed by atoms with E-state index in [2.05, 4.69) is 35.0 Å². The van der Waals surface area contributed by atoms with Gasteiger partial charge < -0.3 is 0 Å². The van der Waals surface area contributed by atoms with Crippen molar-refractivity contribution >= 4 is 21.8 Å². The molecule has 0 saturated heterocycles.